The number of aromatic nitrogens is 1. The number of ether oxygens (including phenoxy) is 1. The van der Waals surface area contributed by atoms with Gasteiger partial charge in [0.15, 0.2) is 5.13 Å². The first-order valence-electron chi connectivity index (χ1n) is 4.80. The van der Waals surface area contributed by atoms with Crippen LogP contribution in [0.1, 0.15) is 22.3 Å². The molecule has 0 radical (unpaired) electrons. The van der Waals surface area contributed by atoms with Gasteiger partial charge in [0.25, 0.3) is 0 Å². The molecule has 1 N–H and O–H groups in total. The van der Waals surface area contributed by atoms with Crippen LogP contribution in [0.15, 0.2) is 12.7 Å². The maximum Gasteiger partial charge on any atom is 0.350 e. The van der Waals surface area contributed by atoms with Crippen molar-refractivity contribution >= 4 is 34.0 Å². The normalized spacial score (nSPS) is 9.88. The van der Waals surface area contributed by atoms with Gasteiger partial charge < -0.3 is 10.1 Å². The van der Waals surface area contributed by atoms with E-state index in [9.17, 15) is 4.79 Å². The average Bonchev–Trinajstić information content (AvgIpc) is 2.70. The Kier molecular flexibility index (Phi) is 5.28. The first-order chi connectivity index (χ1) is 7.72. The fourth-order valence-corrected chi connectivity index (χ4v) is 2.19. The smallest absolute Gasteiger partial charge is 0.350 e. The maximum absolute atomic E-state index is 11.6. The SMILES string of the molecule is C=CCNc1nc(CCl)c(C(=O)OCC)s1. The van der Waals surface area contributed by atoms with Gasteiger partial charge in [0.1, 0.15) is 4.88 Å². The second kappa shape index (κ2) is 6.50. The molecule has 0 fully saturated rings. The van der Waals surface area contributed by atoms with Crippen molar-refractivity contribution in [3.05, 3.63) is 23.2 Å². The molecule has 0 amide bonds. The molecule has 0 saturated carbocycles. The van der Waals surface area contributed by atoms with E-state index in [1.807, 2.05) is 0 Å². The highest BCUT2D eigenvalue weighted by molar-refractivity contribution is 7.17. The van der Waals surface area contributed by atoms with E-state index >= 15 is 0 Å². The van der Waals surface area contributed by atoms with E-state index in [-0.39, 0.29) is 11.8 Å². The molecule has 0 aliphatic carbocycles. The Morgan fingerprint density at radius 2 is 2.50 bits per heavy atom. The van der Waals surface area contributed by atoms with E-state index < -0.39 is 0 Å². The average molecular weight is 261 g/mol. The molecule has 6 heteroatoms. The summed E-state index contributed by atoms with van der Waals surface area (Å²) in [6, 6.07) is 0. The molecule has 1 aromatic heterocycles. The quantitative estimate of drug-likeness (QED) is 0.485. The summed E-state index contributed by atoms with van der Waals surface area (Å²) in [5.74, 6) is -0.178. The zero-order valence-corrected chi connectivity index (χ0v) is 10.5. The van der Waals surface area contributed by atoms with Crippen molar-refractivity contribution < 1.29 is 9.53 Å². The summed E-state index contributed by atoms with van der Waals surface area (Å²) >= 11 is 6.96. The molecule has 0 aliphatic rings. The Hall–Kier alpha value is -1.07. The minimum Gasteiger partial charge on any atom is -0.462 e. The van der Waals surface area contributed by atoms with Crippen molar-refractivity contribution in [1.82, 2.24) is 4.98 Å². The summed E-state index contributed by atoms with van der Waals surface area (Å²) in [4.78, 5) is 16.2. The molecular formula is C10H13ClN2O2S. The zero-order chi connectivity index (χ0) is 12.0. The van der Waals surface area contributed by atoms with E-state index in [0.717, 1.165) is 0 Å². The second-order valence-corrected chi connectivity index (χ2v) is 4.08. The Bertz CT molecular complexity index is 379. The summed E-state index contributed by atoms with van der Waals surface area (Å²) in [5, 5.41) is 3.66. The lowest BCUT2D eigenvalue weighted by molar-refractivity contribution is 0.0531. The fraction of sp³-hybridized carbons (Fsp3) is 0.400. The topological polar surface area (TPSA) is 51.2 Å². The van der Waals surface area contributed by atoms with E-state index in [4.69, 9.17) is 16.3 Å². The number of thiazole rings is 1. The lowest BCUT2D eigenvalue weighted by Crippen LogP contribution is -2.04. The molecule has 1 heterocycles. The third kappa shape index (κ3) is 3.21. The van der Waals surface area contributed by atoms with Gasteiger partial charge in [0.05, 0.1) is 18.2 Å². The van der Waals surface area contributed by atoms with Gasteiger partial charge >= 0.3 is 5.97 Å². The summed E-state index contributed by atoms with van der Waals surface area (Å²) in [7, 11) is 0. The highest BCUT2D eigenvalue weighted by Crippen LogP contribution is 2.25. The van der Waals surface area contributed by atoms with Crippen molar-refractivity contribution in [2.45, 2.75) is 12.8 Å². The number of nitrogens with one attached hydrogen (secondary N) is 1. The summed E-state index contributed by atoms with van der Waals surface area (Å²) < 4.78 is 4.91. The van der Waals surface area contributed by atoms with Crippen LogP contribution in [-0.4, -0.2) is 24.1 Å². The molecular weight excluding hydrogens is 248 g/mol. The molecule has 1 rings (SSSR count). The molecule has 1 aromatic rings. The van der Waals surface area contributed by atoms with Gasteiger partial charge in [-0.2, -0.15) is 0 Å². The van der Waals surface area contributed by atoms with Gasteiger partial charge in [-0.05, 0) is 6.92 Å². The fourth-order valence-electron chi connectivity index (χ4n) is 1.03. The van der Waals surface area contributed by atoms with E-state index in [1.54, 1.807) is 13.0 Å². The van der Waals surface area contributed by atoms with Crippen LogP contribution >= 0.6 is 22.9 Å². The molecule has 88 valence electrons. The van der Waals surface area contributed by atoms with Crippen LogP contribution in [0.5, 0.6) is 0 Å². The van der Waals surface area contributed by atoms with Crippen LogP contribution in [0, 0.1) is 0 Å². The van der Waals surface area contributed by atoms with E-state index in [2.05, 4.69) is 16.9 Å². The van der Waals surface area contributed by atoms with Gasteiger partial charge in [0, 0.05) is 6.54 Å². The van der Waals surface area contributed by atoms with Crippen LogP contribution in [0.3, 0.4) is 0 Å². The van der Waals surface area contributed by atoms with Crippen molar-refractivity contribution in [3.8, 4) is 0 Å². The number of halogens is 1. The number of esters is 1. The lowest BCUT2D eigenvalue weighted by Gasteiger charge is -1.98. The number of carbonyl (C=O) groups excluding carboxylic acids is 1. The monoisotopic (exact) mass is 260 g/mol. The molecule has 0 saturated heterocycles. The number of rotatable bonds is 6. The van der Waals surface area contributed by atoms with E-state index in [0.29, 0.717) is 28.9 Å². The third-order valence-electron chi connectivity index (χ3n) is 1.68. The summed E-state index contributed by atoms with van der Waals surface area (Å²) in [5.41, 5.74) is 0.552. The third-order valence-corrected chi connectivity index (χ3v) is 2.97. The Balaban J connectivity index is 2.85. The lowest BCUT2D eigenvalue weighted by atomic mass is 10.4. The maximum atomic E-state index is 11.6. The molecule has 0 aromatic carbocycles. The number of alkyl halides is 1. The van der Waals surface area contributed by atoms with Gasteiger partial charge in [-0.15, -0.1) is 18.2 Å². The molecule has 4 nitrogen and oxygen atoms in total. The van der Waals surface area contributed by atoms with Gasteiger partial charge in [-0.1, -0.05) is 17.4 Å². The van der Waals surface area contributed by atoms with Crippen LogP contribution in [0.2, 0.25) is 0 Å². The van der Waals surface area contributed by atoms with Crippen molar-refractivity contribution in [2.24, 2.45) is 0 Å². The van der Waals surface area contributed by atoms with E-state index in [1.165, 1.54) is 11.3 Å². The molecule has 0 aliphatic heterocycles. The first kappa shape index (κ1) is 13.0. The minimum atomic E-state index is -0.373. The predicted molar refractivity (Wildman–Crippen MR) is 66.3 cm³/mol. The highest BCUT2D eigenvalue weighted by Gasteiger charge is 2.18. The number of hydrogen-bond donors (Lipinski definition) is 1. The van der Waals surface area contributed by atoms with Crippen LogP contribution in [0.4, 0.5) is 5.13 Å². The van der Waals surface area contributed by atoms with Gasteiger partial charge in [-0.3, -0.25) is 0 Å². The largest absolute Gasteiger partial charge is 0.462 e. The van der Waals surface area contributed by atoms with Crippen LogP contribution in [-0.2, 0) is 10.6 Å². The minimum absolute atomic E-state index is 0.195. The zero-order valence-electron chi connectivity index (χ0n) is 8.96. The molecule has 0 atom stereocenters. The first-order valence-corrected chi connectivity index (χ1v) is 6.15. The number of carbonyl (C=O) groups is 1. The molecule has 0 bridgehead atoms. The summed E-state index contributed by atoms with van der Waals surface area (Å²) in [6.45, 7) is 6.28. The standard InChI is InChI=1S/C10H13ClN2O2S/c1-3-5-12-10-13-7(6-11)8(16-10)9(14)15-4-2/h3H,1,4-6H2,2H3,(H,12,13). The Morgan fingerprint density at radius 1 is 1.75 bits per heavy atom. The summed E-state index contributed by atoms with van der Waals surface area (Å²) in [6.07, 6.45) is 1.71. The number of hydrogen-bond acceptors (Lipinski definition) is 5. The van der Waals surface area contributed by atoms with Crippen LogP contribution in [0.25, 0.3) is 0 Å². The number of anilines is 1. The van der Waals surface area contributed by atoms with Gasteiger partial charge in [-0.25, -0.2) is 9.78 Å². The second-order valence-electron chi connectivity index (χ2n) is 2.82. The highest BCUT2D eigenvalue weighted by atomic mass is 35.5. The Labute approximate surface area is 103 Å². The molecule has 0 unspecified atom stereocenters. The number of nitrogens with zero attached hydrogens (tertiary/aromatic N) is 1. The molecule has 16 heavy (non-hydrogen) atoms. The Morgan fingerprint density at radius 3 is 3.06 bits per heavy atom. The van der Waals surface area contributed by atoms with Crippen molar-refractivity contribution in [2.75, 3.05) is 18.5 Å². The van der Waals surface area contributed by atoms with Crippen LogP contribution < -0.4 is 5.32 Å². The molecule has 0 spiro atoms. The van der Waals surface area contributed by atoms with Gasteiger partial charge in [0.2, 0.25) is 0 Å². The predicted octanol–water partition coefficient (Wildman–Crippen LogP) is 2.66. The van der Waals surface area contributed by atoms with Crippen molar-refractivity contribution in [1.29, 1.82) is 0 Å². The van der Waals surface area contributed by atoms with Crippen molar-refractivity contribution in [3.63, 3.8) is 0 Å².